The first-order valence-corrected chi connectivity index (χ1v) is 11.4. The summed E-state index contributed by atoms with van der Waals surface area (Å²) in [4.78, 5) is 38.9. The van der Waals surface area contributed by atoms with Crippen molar-refractivity contribution in [2.24, 2.45) is 0 Å². The van der Waals surface area contributed by atoms with Gasteiger partial charge in [0.2, 0.25) is 0 Å². The van der Waals surface area contributed by atoms with E-state index in [-0.39, 0.29) is 17.5 Å². The van der Waals surface area contributed by atoms with Crippen molar-refractivity contribution >= 4 is 51.8 Å². The van der Waals surface area contributed by atoms with Gasteiger partial charge in [0.05, 0.1) is 0 Å². The van der Waals surface area contributed by atoms with Crippen LogP contribution >= 0.6 is 34.9 Å². The number of aromatic amines is 1. The molecule has 0 bridgehead atoms. The van der Waals surface area contributed by atoms with Crippen molar-refractivity contribution < 1.29 is 9.59 Å². The summed E-state index contributed by atoms with van der Waals surface area (Å²) in [5, 5.41) is 15.4. The van der Waals surface area contributed by atoms with Gasteiger partial charge < -0.3 is 5.32 Å². The minimum Gasteiger partial charge on any atom is -0.355 e. The molecule has 31 heavy (non-hydrogen) atoms. The van der Waals surface area contributed by atoms with Gasteiger partial charge in [-0.1, -0.05) is 11.8 Å². The van der Waals surface area contributed by atoms with Gasteiger partial charge in [-0.3, -0.25) is 20.0 Å². The topological polar surface area (TPSA) is 126 Å². The summed E-state index contributed by atoms with van der Waals surface area (Å²) in [6, 6.07) is 10.8. The zero-order valence-corrected chi connectivity index (χ0v) is 18.5. The molecule has 0 saturated heterocycles. The predicted octanol–water partition coefficient (Wildman–Crippen LogP) is 3.57. The fourth-order valence-corrected chi connectivity index (χ4v) is 4.55. The van der Waals surface area contributed by atoms with E-state index >= 15 is 0 Å². The maximum absolute atomic E-state index is 12.9. The molecule has 12 heteroatoms. The number of carbonyl (C=O) groups excluding carboxylic acids is 2. The third-order valence-corrected chi connectivity index (χ3v) is 6.44. The average molecular weight is 470 g/mol. The minimum atomic E-state index is -0.362. The number of hydrogen-bond acceptors (Lipinski definition) is 9. The summed E-state index contributed by atoms with van der Waals surface area (Å²) in [7, 11) is 1.59. The summed E-state index contributed by atoms with van der Waals surface area (Å²) < 4.78 is 0. The molecular weight excluding hydrogens is 454 g/mol. The van der Waals surface area contributed by atoms with Gasteiger partial charge in [-0.15, -0.1) is 11.3 Å². The van der Waals surface area contributed by atoms with E-state index in [1.807, 2.05) is 24.3 Å². The van der Waals surface area contributed by atoms with Crippen LogP contribution in [-0.2, 0) is 0 Å². The molecule has 3 aromatic heterocycles. The Labute approximate surface area is 189 Å². The lowest BCUT2D eigenvalue weighted by molar-refractivity contribution is 0.0962. The summed E-state index contributed by atoms with van der Waals surface area (Å²) in [6.45, 7) is 0. The Morgan fingerprint density at radius 2 is 1.87 bits per heavy atom. The van der Waals surface area contributed by atoms with Gasteiger partial charge >= 0.3 is 0 Å². The van der Waals surface area contributed by atoms with Gasteiger partial charge in [0.1, 0.15) is 17.0 Å². The Bertz CT molecular complexity index is 1180. The Morgan fingerprint density at radius 3 is 2.55 bits per heavy atom. The van der Waals surface area contributed by atoms with Crippen molar-refractivity contribution in [3.63, 3.8) is 0 Å². The monoisotopic (exact) mass is 469 g/mol. The van der Waals surface area contributed by atoms with Crippen molar-refractivity contribution in [1.29, 1.82) is 0 Å². The molecule has 9 nitrogen and oxygen atoms in total. The Hall–Kier alpha value is -3.22. The van der Waals surface area contributed by atoms with Crippen molar-refractivity contribution in [1.82, 2.24) is 30.5 Å². The molecule has 0 saturated carbocycles. The van der Waals surface area contributed by atoms with E-state index < -0.39 is 0 Å². The number of hydrogen-bond donors (Lipinski definition) is 3. The van der Waals surface area contributed by atoms with Crippen LogP contribution in [0.25, 0.3) is 0 Å². The fraction of sp³-hybridized carbons (Fsp3) is 0.0526. The van der Waals surface area contributed by atoms with Crippen LogP contribution in [0.15, 0.2) is 74.3 Å². The van der Waals surface area contributed by atoms with E-state index in [0.29, 0.717) is 25.8 Å². The van der Waals surface area contributed by atoms with Crippen LogP contribution in [-0.4, -0.2) is 44.0 Å². The SMILES string of the molecule is CNC(=O)c1ccc(Sc2ccc(Sc3ncn[nH]3)nc2C(=O)Nc2nccs2)cc1. The number of amides is 2. The summed E-state index contributed by atoms with van der Waals surface area (Å²) >= 11 is 3.98. The Morgan fingerprint density at radius 1 is 1.03 bits per heavy atom. The number of pyridine rings is 1. The third kappa shape index (κ3) is 5.29. The normalized spacial score (nSPS) is 10.6. The zero-order valence-electron chi connectivity index (χ0n) is 16.0. The molecule has 4 aromatic rings. The number of benzene rings is 1. The molecule has 0 aliphatic heterocycles. The first-order chi connectivity index (χ1) is 15.1. The zero-order chi connectivity index (χ0) is 21.6. The summed E-state index contributed by atoms with van der Waals surface area (Å²) in [6.07, 6.45) is 3.03. The summed E-state index contributed by atoms with van der Waals surface area (Å²) in [5.41, 5.74) is 0.825. The highest BCUT2D eigenvalue weighted by atomic mass is 32.2. The number of thiazole rings is 1. The molecule has 0 radical (unpaired) electrons. The van der Waals surface area contributed by atoms with Crippen molar-refractivity contribution in [2.75, 3.05) is 12.4 Å². The number of nitrogens with zero attached hydrogens (tertiary/aromatic N) is 4. The number of rotatable bonds is 7. The quantitative estimate of drug-likeness (QED) is 0.375. The largest absolute Gasteiger partial charge is 0.355 e. The lowest BCUT2D eigenvalue weighted by Gasteiger charge is -2.10. The second kappa shape index (κ2) is 9.73. The molecule has 2 amide bonds. The van der Waals surface area contributed by atoms with Gasteiger partial charge in [0.25, 0.3) is 11.8 Å². The van der Waals surface area contributed by atoms with Crippen LogP contribution in [0.4, 0.5) is 5.13 Å². The smallest absolute Gasteiger partial charge is 0.277 e. The maximum Gasteiger partial charge on any atom is 0.277 e. The lowest BCUT2D eigenvalue weighted by Crippen LogP contribution is -2.17. The molecule has 0 aliphatic carbocycles. The minimum absolute atomic E-state index is 0.157. The molecule has 0 aliphatic rings. The maximum atomic E-state index is 12.9. The van der Waals surface area contributed by atoms with E-state index in [0.717, 1.165) is 4.90 Å². The number of nitrogens with one attached hydrogen (secondary N) is 3. The van der Waals surface area contributed by atoms with E-state index in [9.17, 15) is 9.59 Å². The molecule has 1 aromatic carbocycles. The van der Waals surface area contributed by atoms with Crippen molar-refractivity contribution in [3.8, 4) is 0 Å². The fourth-order valence-electron chi connectivity index (χ4n) is 2.46. The van der Waals surface area contributed by atoms with Crippen molar-refractivity contribution in [3.05, 3.63) is 65.6 Å². The second-order valence-electron chi connectivity index (χ2n) is 5.89. The van der Waals surface area contributed by atoms with E-state index in [4.69, 9.17) is 0 Å². The molecule has 0 spiro atoms. The number of aromatic nitrogens is 5. The van der Waals surface area contributed by atoms with Gasteiger partial charge in [-0.2, -0.15) is 5.10 Å². The van der Waals surface area contributed by atoms with Crippen LogP contribution < -0.4 is 10.6 Å². The van der Waals surface area contributed by atoms with Crippen LogP contribution in [0.5, 0.6) is 0 Å². The van der Waals surface area contributed by atoms with Gasteiger partial charge in [-0.05, 0) is 48.2 Å². The van der Waals surface area contributed by atoms with Crippen LogP contribution in [0.1, 0.15) is 20.8 Å². The van der Waals surface area contributed by atoms with Crippen LogP contribution in [0, 0.1) is 0 Å². The standard InChI is InChI=1S/C19H15N7O2S3/c1-20-16(27)11-2-4-12(5-3-11)30-13-6-7-14(31-19-22-10-23-26-19)24-15(13)17(28)25-18-21-8-9-29-18/h2-10H,1H3,(H,20,27)(H,21,25,28)(H,22,23,26). The molecule has 3 heterocycles. The molecule has 0 atom stereocenters. The highest BCUT2D eigenvalue weighted by molar-refractivity contribution is 7.99. The highest BCUT2D eigenvalue weighted by Crippen LogP contribution is 2.33. The second-order valence-corrected chi connectivity index (χ2v) is 8.90. The number of H-pyrrole nitrogens is 1. The Kier molecular flexibility index (Phi) is 6.60. The molecule has 4 rings (SSSR count). The van der Waals surface area contributed by atoms with E-state index in [2.05, 4.69) is 35.8 Å². The number of carbonyl (C=O) groups is 2. The average Bonchev–Trinajstić information content (AvgIpc) is 3.49. The molecule has 0 fully saturated rings. The molecular formula is C19H15N7O2S3. The van der Waals surface area contributed by atoms with Gasteiger partial charge in [-0.25, -0.2) is 15.0 Å². The number of anilines is 1. The van der Waals surface area contributed by atoms with E-state index in [1.54, 1.807) is 30.8 Å². The van der Waals surface area contributed by atoms with Gasteiger partial charge in [0, 0.05) is 34.0 Å². The molecule has 156 valence electrons. The molecule has 0 unspecified atom stereocenters. The van der Waals surface area contributed by atoms with Crippen LogP contribution in [0.3, 0.4) is 0 Å². The summed E-state index contributed by atoms with van der Waals surface area (Å²) in [5.74, 6) is -0.519. The lowest BCUT2D eigenvalue weighted by atomic mass is 10.2. The molecule has 3 N–H and O–H groups in total. The van der Waals surface area contributed by atoms with Gasteiger partial charge in [0.15, 0.2) is 10.3 Å². The predicted molar refractivity (Wildman–Crippen MR) is 119 cm³/mol. The Balaban J connectivity index is 1.61. The van der Waals surface area contributed by atoms with Crippen LogP contribution in [0.2, 0.25) is 0 Å². The highest BCUT2D eigenvalue weighted by Gasteiger charge is 2.18. The first kappa shape index (κ1) is 21.0. The third-order valence-electron chi connectivity index (χ3n) is 3.87. The first-order valence-electron chi connectivity index (χ1n) is 8.87. The van der Waals surface area contributed by atoms with E-state index in [1.165, 1.54) is 41.2 Å². The van der Waals surface area contributed by atoms with Crippen molar-refractivity contribution in [2.45, 2.75) is 20.0 Å².